The van der Waals surface area contributed by atoms with Crippen LogP contribution < -0.4 is 10.6 Å². The molecule has 5 heteroatoms. The molecule has 118 valence electrons. The Morgan fingerprint density at radius 3 is 2.32 bits per heavy atom. The van der Waals surface area contributed by atoms with Crippen LogP contribution in [0.25, 0.3) is 0 Å². The zero-order valence-corrected chi connectivity index (χ0v) is 12.9. The lowest BCUT2D eigenvalue weighted by Crippen LogP contribution is -2.51. The van der Waals surface area contributed by atoms with Crippen LogP contribution in [0.15, 0.2) is 24.3 Å². The Kier molecular flexibility index (Phi) is 4.16. The summed E-state index contributed by atoms with van der Waals surface area (Å²) < 4.78 is 5.45. The van der Waals surface area contributed by atoms with Crippen molar-refractivity contribution in [2.75, 3.05) is 13.2 Å². The molecule has 1 heterocycles. The van der Waals surface area contributed by atoms with Crippen molar-refractivity contribution >= 4 is 11.8 Å². The molecule has 2 amide bonds. The van der Waals surface area contributed by atoms with E-state index in [1.165, 1.54) is 0 Å². The average Bonchev–Trinajstić information content (AvgIpc) is 3.31. The van der Waals surface area contributed by atoms with Crippen molar-refractivity contribution in [3.63, 3.8) is 0 Å². The van der Waals surface area contributed by atoms with E-state index in [1.54, 1.807) is 24.3 Å². The first-order valence-corrected chi connectivity index (χ1v) is 7.87. The van der Waals surface area contributed by atoms with Crippen molar-refractivity contribution in [2.24, 2.45) is 0 Å². The first kappa shape index (κ1) is 15.0. The third kappa shape index (κ3) is 3.65. The number of hydrogen-bond acceptors (Lipinski definition) is 3. The van der Waals surface area contributed by atoms with E-state index in [-0.39, 0.29) is 17.4 Å². The number of nitrogens with one attached hydrogen (secondary N) is 2. The summed E-state index contributed by atoms with van der Waals surface area (Å²) in [5, 5.41) is 5.97. The molecule has 5 nitrogen and oxygen atoms in total. The fourth-order valence-corrected chi connectivity index (χ4v) is 2.65. The maximum absolute atomic E-state index is 12.3. The van der Waals surface area contributed by atoms with Gasteiger partial charge in [0.05, 0.1) is 12.1 Å². The molecule has 1 atom stereocenters. The number of rotatable bonds is 4. The maximum atomic E-state index is 12.3. The molecule has 0 radical (unpaired) electrons. The number of carbonyl (C=O) groups is 2. The van der Waals surface area contributed by atoms with Gasteiger partial charge in [-0.15, -0.1) is 0 Å². The SMILES string of the molecule is CC1(NC(=O)c2ccc(C(=O)NC3CC3)cc2)CCCOC1. The van der Waals surface area contributed by atoms with Crippen LogP contribution in [0.3, 0.4) is 0 Å². The van der Waals surface area contributed by atoms with Crippen molar-refractivity contribution in [1.29, 1.82) is 0 Å². The molecular weight excluding hydrogens is 280 g/mol. The summed E-state index contributed by atoms with van der Waals surface area (Å²) in [7, 11) is 0. The van der Waals surface area contributed by atoms with E-state index < -0.39 is 0 Å². The van der Waals surface area contributed by atoms with Crippen LogP contribution in [0, 0.1) is 0 Å². The molecule has 1 unspecified atom stereocenters. The quantitative estimate of drug-likeness (QED) is 0.892. The predicted molar refractivity (Wildman–Crippen MR) is 82.9 cm³/mol. The smallest absolute Gasteiger partial charge is 0.251 e. The topological polar surface area (TPSA) is 67.4 Å². The number of amides is 2. The summed E-state index contributed by atoms with van der Waals surface area (Å²) in [6, 6.07) is 7.13. The molecular formula is C17H22N2O3. The summed E-state index contributed by atoms with van der Waals surface area (Å²) in [4.78, 5) is 24.2. The first-order valence-electron chi connectivity index (χ1n) is 7.87. The van der Waals surface area contributed by atoms with Crippen molar-refractivity contribution < 1.29 is 14.3 Å². The Balaban J connectivity index is 1.61. The standard InChI is InChI=1S/C17H22N2O3/c1-17(9-2-10-22-11-17)19-16(21)13-5-3-12(4-6-13)15(20)18-14-7-8-14/h3-6,14H,2,7-11H2,1H3,(H,18,20)(H,19,21). The molecule has 0 aromatic heterocycles. The molecule has 1 aromatic carbocycles. The second-order valence-corrected chi connectivity index (χ2v) is 6.50. The largest absolute Gasteiger partial charge is 0.379 e. The third-order valence-corrected chi connectivity index (χ3v) is 4.18. The van der Waals surface area contributed by atoms with Gasteiger partial charge in [0, 0.05) is 23.8 Å². The zero-order chi connectivity index (χ0) is 15.6. The molecule has 3 rings (SSSR count). The van der Waals surface area contributed by atoms with E-state index in [9.17, 15) is 9.59 Å². The van der Waals surface area contributed by atoms with Gasteiger partial charge in [0.1, 0.15) is 0 Å². The van der Waals surface area contributed by atoms with Gasteiger partial charge in [-0.05, 0) is 56.9 Å². The van der Waals surface area contributed by atoms with Gasteiger partial charge >= 0.3 is 0 Å². The lowest BCUT2D eigenvalue weighted by molar-refractivity contribution is 0.0272. The molecule has 1 saturated carbocycles. The minimum absolute atomic E-state index is 0.0675. The highest BCUT2D eigenvalue weighted by Gasteiger charge is 2.29. The fraction of sp³-hybridized carbons (Fsp3) is 0.529. The van der Waals surface area contributed by atoms with Gasteiger partial charge in [-0.2, -0.15) is 0 Å². The summed E-state index contributed by atoms with van der Waals surface area (Å²) in [5.41, 5.74) is 0.850. The van der Waals surface area contributed by atoms with Crippen LogP contribution in [-0.4, -0.2) is 36.6 Å². The van der Waals surface area contributed by atoms with Crippen molar-refractivity contribution in [3.8, 4) is 0 Å². The van der Waals surface area contributed by atoms with Gasteiger partial charge in [-0.3, -0.25) is 9.59 Å². The highest BCUT2D eigenvalue weighted by atomic mass is 16.5. The average molecular weight is 302 g/mol. The minimum Gasteiger partial charge on any atom is -0.379 e. The Morgan fingerprint density at radius 1 is 1.14 bits per heavy atom. The van der Waals surface area contributed by atoms with Crippen LogP contribution in [0.5, 0.6) is 0 Å². The van der Waals surface area contributed by atoms with E-state index >= 15 is 0 Å². The molecule has 2 N–H and O–H groups in total. The van der Waals surface area contributed by atoms with E-state index in [0.717, 1.165) is 32.3 Å². The minimum atomic E-state index is -0.308. The zero-order valence-electron chi connectivity index (χ0n) is 12.9. The Bertz CT molecular complexity index is 558. The van der Waals surface area contributed by atoms with Gasteiger partial charge in [0.25, 0.3) is 11.8 Å². The molecule has 22 heavy (non-hydrogen) atoms. The van der Waals surface area contributed by atoms with Gasteiger partial charge in [-0.25, -0.2) is 0 Å². The highest BCUT2D eigenvalue weighted by molar-refractivity contribution is 5.98. The lowest BCUT2D eigenvalue weighted by atomic mass is 9.94. The second-order valence-electron chi connectivity index (χ2n) is 6.50. The fourth-order valence-electron chi connectivity index (χ4n) is 2.65. The number of hydrogen-bond donors (Lipinski definition) is 2. The van der Waals surface area contributed by atoms with Gasteiger partial charge in [0.2, 0.25) is 0 Å². The molecule has 1 aliphatic heterocycles. The summed E-state index contributed by atoms with van der Waals surface area (Å²) in [6.07, 6.45) is 4.00. The van der Waals surface area contributed by atoms with Crippen molar-refractivity contribution in [1.82, 2.24) is 10.6 Å². The predicted octanol–water partition coefficient (Wildman–Crippen LogP) is 1.88. The molecule has 1 saturated heterocycles. The van der Waals surface area contributed by atoms with E-state index in [0.29, 0.717) is 23.8 Å². The Morgan fingerprint density at radius 2 is 1.77 bits per heavy atom. The summed E-state index contributed by atoms with van der Waals surface area (Å²) in [5.74, 6) is -0.191. The highest BCUT2D eigenvalue weighted by Crippen LogP contribution is 2.20. The van der Waals surface area contributed by atoms with Crippen molar-refractivity contribution in [2.45, 2.75) is 44.2 Å². The molecule has 2 aliphatic rings. The van der Waals surface area contributed by atoms with Gasteiger partial charge < -0.3 is 15.4 Å². The molecule has 1 aromatic rings. The van der Waals surface area contributed by atoms with E-state index in [1.807, 2.05) is 6.92 Å². The van der Waals surface area contributed by atoms with Gasteiger partial charge in [-0.1, -0.05) is 0 Å². The van der Waals surface area contributed by atoms with Crippen LogP contribution in [-0.2, 0) is 4.74 Å². The Hall–Kier alpha value is -1.88. The van der Waals surface area contributed by atoms with Gasteiger partial charge in [0.15, 0.2) is 0 Å². The van der Waals surface area contributed by atoms with Crippen LogP contribution >= 0.6 is 0 Å². The van der Waals surface area contributed by atoms with E-state index in [4.69, 9.17) is 4.74 Å². The third-order valence-electron chi connectivity index (χ3n) is 4.18. The lowest BCUT2D eigenvalue weighted by Gasteiger charge is -2.34. The van der Waals surface area contributed by atoms with Crippen molar-refractivity contribution in [3.05, 3.63) is 35.4 Å². The number of benzene rings is 1. The first-order chi connectivity index (χ1) is 10.6. The molecule has 1 aliphatic carbocycles. The monoisotopic (exact) mass is 302 g/mol. The Labute approximate surface area is 130 Å². The normalized spacial score (nSPS) is 24.6. The number of ether oxygens (including phenoxy) is 1. The molecule has 0 spiro atoms. The van der Waals surface area contributed by atoms with Crippen LogP contribution in [0.2, 0.25) is 0 Å². The number of carbonyl (C=O) groups excluding carboxylic acids is 2. The summed E-state index contributed by atoms with van der Waals surface area (Å²) in [6.45, 7) is 3.30. The van der Waals surface area contributed by atoms with Crippen LogP contribution in [0.4, 0.5) is 0 Å². The second kappa shape index (κ2) is 6.08. The van der Waals surface area contributed by atoms with E-state index in [2.05, 4.69) is 10.6 Å². The van der Waals surface area contributed by atoms with Crippen LogP contribution in [0.1, 0.15) is 53.3 Å². The summed E-state index contributed by atoms with van der Waals surface area (Å²) >= 11 is 0. The molecule has 0 bridgehead atoms. The molecule has 2 fully saturated rings. The maximum Gasteiger partial charge on any atom is 0.251 e.